The number of rotatable bonds is 7. The van der Waals surface area contributed by atoms with Gasteiger partial charge in [0.05, 0.1) is 7.11 Å². The zero-order valence-electron chi connectivity index (χ0n) is 11.7. The lowest BCUT2D eigenvalue weighted by molar-refractivity contribution is -0.143. The zero-order valence-corrected chi connectivity index (χ0v) is 13.4. The third-order valence-corrected chi connectivity index (χ3v) is 4.03. The quantitative estimate of drug-likeness (QED) is 0.614. The first-order valence-corrected chi connectivity index (χ1v) is 8.77. The number of ether oxygens (including phenoxy) is 1. The van der Waals surface area contributed by atoms with Gasteiger partial charge in [0.15, 0.2) is 0 Å². The van der Waals surface area contributed by atoms with E-state index in [9.17, 15) is 9.36 Å². The van der Waals surface area contributed by atoms with Gasteiger partial charge in [0.25, 0.3) is 0 Å². The second-order valence-corrected chi connectivity index (χ2v) is 7.45. The van der Waals surface area contributed by atoms with Crippen molar-refractivity contribution in [1.82, 2.24) is 5.09 Å². The maximum absolute atomic E-state index is 12.2. The maximum Gasteiger partial charge on any atom is 0.409 e. The van der Waals surface area contributed by atoms with E-state index >= 15 is 0 Å². The first kappa shape index (κ1) is 17.0. The molecule has 0 aliphatic carbocycles. The van der Waals surface area contributed by atoms with Crippen LogP contribution in [0.4, 0.5) is 0 Å². The number of carbonyl (C=O) groups excluding carboxylic acids is 1. The van der Waals surface area contributed by atoms with Crippen LogP contribution in [0.3, 0.4) is 0 Å². The lowest BCUT2D eigenvalue weighted by Crippen LogP contribution is -2.36. The van der Waals surface area contributed by atoms with Gasteiger partial charge < -0.3 is 9.26 Å². The van der Waals surface area contributed by atoms with Crippen LogP contribution < -0.4 is 9.61 Å². The molecule has 0 radical (unpaired) electrons. The third-order valence-electron chi connectivity index (χ3n) is 2.47. The van der Waals surface area contributed by atoms with Gasteiger partial charge in [-0.2, -0.15) is 0 Å². The van der Waals surface area contributed by atoms with E-state index in [1.54, 1.807) is 30.3 Å². The number of benzene rings is 1. The Morgan fingerprint density at radius 2 is 1.95 bits per heavy atom. The molecule has 7 heteroatoms. The summed E-state index contributed by atoms with van der Waals surface area (Å²) < 4.78 is 22.1. The molecule has 1 aromatic carbocycles. The summed E-state index contributed by atoms with van der Waals surface area (Å²) in [6.07, 6.45) is 0.446. The minimum atomic E-state index is -3.67. The van der Waals surface area contributed by atoms with Gasteiger partial charge in [-0.15, -0.1) is 0 Å². The predicted molar refractivity (Wildman–Crippen MR) is 78.9 cm³/mol. The minimum absolute atomic E-state index is 0.208. The fourth-order valence-corrected chi connectivity index (χ4v) is 3.27. The number of hydrogen-bond acceptors (Lipinski definition) is 4. The third kappa shape index (κ3) is 5.95. The van der Waals surface area contributed by atoms with Gasteiger partial charge in [-0.1, -0.05) is 32.0 Å². The highest BCUT2D eigenvalue weighted by Crippen LogP contribution is 2.48. The van der Waals surface area contributed by atoms with Crippen molar-refractivity contribution in [3.8, 4) is 5.75 Å². The van der Waals surface area contributed by atoms with E-state index in [-0.39, 0.29) is 5.92 Å². The average Bonchev–Trinajstić information content (AvgIpc) is 2.36. The second kappa shape index (κ2) is 7.67. The monoisotopic (exact) mass is 319 g/mol. The van der Waals surface area contributed by atoms with Gasteiger partial charge >= 0.3 is 12.8 Å². The van der Waals surface area contributed by atoms with Crippen LogP contribution in [0.5, 0.6) is 5.75 Å². The molecule has 0 saturated heterocycles. The molecule has 1 rings (SSSR count). The predicted octanol–water partition coefficient (Wildman–Crippen LogP) is 3.59. The van der Waals surface area contributed by atoms with Crippen molar-refractivity contribution in [2.75, 3.05) is 7.11 Å². The highest BCUT2D eigenvalue weighted by atomic mass is 35.7. The lowest BCUT2D eigenvalue weighted by atomic mass is 10.1. The number of esters is 1. The molecule has 0 amide bonds. The summed E-state index contributed by atoms with van der Waals surface area (Å²) in [6, 6.07) is 7.76. The first-order valence-electron chi connectivity index (χ1n) is 6.24. The molecule has 0 spiro atoms. The summed E-state index contributed by atoms with van der Waals surface area (Å²) in [5, 5.41) is 2.55. The molecular weight excluding hydrogens is 301 g/mol. The van der Waals surface area contributed by atoms with Crippen LogP contribution in [0, 0.1) is 5.92 Å². The summed E-state index contributed by atoms with van der Waals surface area (Å²) in [4.78, 5) is 11.7. The van der Waals surface area contributed by atoms with Crippen molar-refractivity contribution in [2.45, 2.75) is 26.3 Å². The maximum atomic E-state index is 12.2. The van der Waals surface area contributed by atoms with Crippen LogP contribution in [0.25, 0.3) is 0 Å². The largest absolute Gasteiger partial charge is 0.468 e. The molecule has 20 heavy (non-hydrogen) atoms. The molecule has 0 aromatic heterocycles. The van der Waals surface area contributed by atoms with E-state index in [2.05, 4.69) is 9.82 Å². The van der Waals surface area contributed by atoms with Crippen molar-refractivity contribution >= 4 is 24.1 Å². The van der Waals surface area contributed by atoms with Gasteiger partial charge in [0.2, 0.25) is 0 Å². The van der Waals surface area contributed by atoms with Crippen LogP contribution >= 0.6 is 18.1 Å². The number of halogens is 1. The topological polar surface area (TPSA) is 64.6 Å². The Labute approximate surface area is 123 Å². The van der Waals surface area contributed by atoms with E-state index in [0.29, 0.717) is 12.2 Å². The highest BCUT2D eigenvalue weighted by Gasteiger charge is 2.31. The van der Waals surface area contributed by atoms with Crippen molar-refractivity contribution in [3.05, 3.63) is 30.3 Å². The molecule has 0 unspecified atom stereocenters. The van der Waals surface area contributed by atoms with Gasteiger partial charge in [-0.3, -0.25) is 4.79 Å². The summed E-state index contributed by atoms with van der Waals surface area (Å²) >= 11 is 5.86. The molecule has 112 valence electrons. The van der Waals surface area contributed by atoms with Crippen molar-refractivity contribution in [1.29, 1.82) is 0 Å². The van der Waals surface area contributed by atoms with E-state index in [1.165, 1.54) is 7.11 Å². The van der Waals surface area contributed by atoms with Crippen molar-refractivity contribution in [2.24, 2.45) is 5.92 Å². The summed E-state index contributed by atoms with van der Waals surface area (Å²) in [5.74, 6) is 0.0581. The van der Waals surface area contributed by atoms with Crippen LogP contribution in [0.1, 0.15) is 20.3 Å². The number of hydrogen-bond donors (Lipinski definition) is 1. The fourth-order valence-electron chi connectivity index (χ4n) is 1.64. The van der Waals surface area contributed by atoms with E-state index in [4.69, 9.17) is 15.8 Å². The number of methoxy groups -OCH3 is 1. The molecule has 0 heterocycles. The first-order chi connectivity index (χ1) is 9.34. The molecule has 0 fully saturated rings. The summed E-state index contributed by atoms with van der Waals surface area (Å²) in [7, 11) is 1.27. The highest BCUT2D eigenvalue weighted by molar-refractivity contribution is 7.84. The lowest BCUT2D eigenvalue weighted by Gasteiger charge is -2.21. The van der Waals surface area contributed by atoms with Crippen LogP contribution in [0.2, 0.25) is 0 Å². The van der Waals surface area contributed by atoms with Crippen molar-refractivity contribution < 1.29 is 18.6 Å². The number of nitrogens with one attached hydrogen (secondary N) is 1. The molecule has 1 aromatic rings. The van der Waals surface area contributed by atoms with Gasteiger partial charge in [-0.25, -0.2) is 9.65 Å². The smallest absolute Gasteiger partial charge is 0.409 e. The Morgan fingerprint density at radius 1 is 1.35 bits per heavy atom. The Morgan fingerprint density at radius 3 is 2.45 bits per heavy atom. The Balaban J connectivity index is 2.75. The summed E-state index contributed by atoms with van der Waals surface area (Å²) in [5.41, 5.74) is 0. The van der Waals surface area contributed by atoms with Gasteiger partial charge in [-0.05, 0) is 24.5 Å². The molecule has 1 N–H and O–H groups in total. The van der Waals surface area contributed by atoms with Crippen LogP contribution in [0.15, 0.2) is 30.3 Å². The van der Waals surface area contributed by atoms with E-state index in [1.807, 2.05) is 13.8 Å². The zero-order chi connectivity index (χ0) is 15.2. The normalized spacial score (nSPS) is 15.4. The molecular formula is C13H19ClNO4P. The number of carbonyl (C=O) groups is 1. The Kier molecular flexibility index (Phi) is 6.53. The molecule has 5 nitrogen and oxygen atoms in total. The average molecular weight is 320 g/mol. The van der Waals surface area contributed by atoms with Gasteiger partial charge in [0.1, 0.15) is 11.8 Å². The Hall–Kier alpha value is -1.03. The molecule has 2 atom stereocenters. The second-order valence-electron chi connectivity index (χ2n) is 4.72. The summed E-state index contributed by atoms with van der Waals surface area (Å²) in [6.45, 7) is 0.206. The van der Waals surface area contributed by atoms with E-state index in [0.717, 1.165) is 0 Å². The Bertz CT molecular complexity index is 481. The number of para-hydroxylation sites is 1. The minimum Gasteiger partial charge on any atom is -0.468 e. The molecule has 0 aliphatic rings. The standard InChI is InChI=1S/C13H19ClNO4P/c1-10(2)9-12(13(16)18-3)15-20(14,17)19-11-7-5-4-6-8-11/h4-8,10,12H,9H2,1-3H3,(H,15,17)/t12-,20-/m0/s1. The fraction of sp³-hybridized carbons (Fsp3) is 0.462. The van der Waals surface area contributed by atoms with E-state index < -0.39 is 18.9 Å². The van der Waals surface area contributed by atoms with Crippen LogP contribution in [-0.4, -0.2) is 19.1 Å². The molecule has 0 saturated carbocycles. The molecule has 0 aliphatic heterocycles. The van der Waals surface area contributed by atoms with Gasteiger partial charge in [0, 0.05) is 11.2 Å². The van der Waals surface area contributed by atoms with Crippen molar-refractivity contribution in [3.63, 3.8) is 0 Å². The van der Waals surface area contributed by atoms with Crippen LogP contribution in [-0.2, 0) is 14.1 Å². The SMILES string of the molecule is COC(=O)[C@H](CC(C)C)N[P@](=O)(Cl)Oc1ccccc1. The molecule has 0 bridgehead atoms.